The normalized spacial score (nSPS) is 10.6. The molecular weight excluding hydrogens is 347 g/mol. The maximum absolute atomic E-state index is 11.7. The second-order valence-corrected chi connectivity index (χ2v) is 7.01. The number of nitrogens with two attached hydrogens (primary N) is 1. The number of hydrogen-bond acceptors (Lipinski definition) is 4. The lowest BCUT2D eigenvalue weighted by Gasteiger charge is -2.18. The van der Waals surface area contributed by atoms with Gasteiger partial charge in [0.05, 0.1) is 0 Å². The van der Waals surface area contributed by atoms with Crippen molar-refractivity contribution in [2.24, 2.45) is 5.41 Å². The molecule has 0 spiro atoms. The average Bonchev–Trinajstić information content (AvgIpc) is 2.49. The molecule has 5 nitrogen and oxygen atoms in total. The van der Waals surface area contributed by atoms with E-state index in [1.54, 1.807) is 24.5 Å². The summed E-state index contributed by atoms with van der Waals surface area (Å²) in [5, 5.41) is 3.73. The molecule has 0 aliphatic carbocycles. The van der Waals surface area contributed by atoms with Crippen molar-refractivity contribution in [3.8, 4) is 0 Å². The van der Waals surface area contributed by atoms with Crippen LogP contribution in [-0.4, -0.2) is 15.9 Å². The van der Waals surface area contributed by atoms with E-state index in [-0.39, 0.29) is 5.91 Å². The van der Waals surface area contributed by atoms with Gasteiger partial charge in [-0.05, 0) is 26.0 Å². The van der Waals surface area contributed by atoms with E-state index in [4.69, 9.17) is 28.9 Å². The van der Waals surface area contributed by atoms with Crippen molar-refractivity contribution in [2.45, 2.75) is 34.6 Å². The fraction of sp³-hybridized carbons (Fsp3) is 0.353. The topological polar surface area (TPSA) is 80.9 Å². The highest BCUT2D eigenvalue weighted by molar-refractivity contribution is 6.30. The molecule has 0 radical (unpaired) electrons. The highest BCUT2D eigenvalue weighted by Gasteiger charge is 2.21. The Hall–Kier alpha value is -1.85. The Bertz CT molecular complexity index is 707. The summed E-state index contributed by atoms with van der Waals surface area (Å²) in [5.41, 5.74) is 8.12. The minimum atomic E-state index is -0.414. The van der Waals surface area contributed by atoms with Crippen LogP contribution >= 0.6 is 23.2 Å². The average molecular weight is 369 g/mol. The third-order valence-electron chi connectivity index (χ3n) is 3.26. The standard InChI is InChI=1S/C11H15ClN2O.C6H7ClN2/c1-7-8(5-6-13-9(7)12)14-10(15)11(2,3)4;1-4-5(8)2-3-9-6(4)7/h5-6H,1-4H3,(H,13,14,15);2-3H,1H3,(H2,8,9). The van der Waals surface area contributed by atoms with Gasteiger partial charge >= 0.3 is 0 Å². The molecule has 0 unspecified atom stereocenters. The molecule has 1 amide bonds. The van der Waals surface area contributed by atoms with Gasteiger partial charge in [-0.25, -0.2) is 9.97 Å². The molecule has 0 aromatic carbocycles. The van der Waals surface area contributed by atoms with Crippen molar-refractivity contribution < 1.29 is 4.79 Å². The number of anilines is 2. The summed E-state index contributed by atoms with van der Waals surface area (Å²) < 4.78 is 0. The van der Waals surface area contributed by atoms with Crippen LogP contribution in [-0.2, 0) is 4.79 Å². The third-order valence-corrected chi connectivity index (χ3v) is 4.02. The number of rotatable bonds is 1. The predicted octanol–water partition coefficient (Wildman–Crippen LogP) is 4.65. The van der Waals surface area contributed by atoms with E-state index in [1.165, 1.54) is 0 Å². The van der Waals surface area contributed by atoms with Crippen LogP contribution in [0.25, 0.3) is 0 Å². The maximum Gasteiger partial charge on any atom is 0.229 e. The maximum atomic E-state index is 11.7. The Labute approximate surface area is 152 Å². The zero-order chi connectivity index (χ0) is 18.5. The Balaban J connectivity index is 0.000000272. The molecule has 2 aromatic rings. The van der Waals surface area contributed by atoms with Gasteiger partial charge in [-0.3, -0.25) is 4.79 Å². The van der Waals surface area contributed by atoms with Crippen LogP contribution in [0.15, 0.2) is 24.5 Å². The molecule has 3 N–H and O–H groups in total. The molecule has 7 heteroatoms. The van der Waals surface area contributed by atoms with E-state index < -0.39 is 5.41 Å². The first-order chi connectivity index (χ1) is 11.0. The zero-order valence-electron chi connectivity index (χ0n) is 14.4. The summed E-state index contributed by atoms with van der Waals surface area (Å²) in [7, 11) is 0. The predicted molar refractivity (Wildman–Crippen MR) is 100 cm³/mol. The van der Waals surface area contributed by atoms with Crippen LogP contribution in [0.2, 0.25) is 10.3 Å². The van der Waals surface area contributed by atoms with Gasteiger partial charge in [-0.15, -0.1) is 0 Å². The van der Waals surface area contributed by atoms with Crippen LogP contribution in [0.1, 0.15) is 31.9 Å². The van der Waals surface area contributed by atoms with Crippen molar-refractivity contribution in [3.63, 3.8) is 0 Å². The van der Waals surface area contributed by atoms with E-state index in [2.05, 4.69) is 15.3 Å². The van der Waals surface area contributed by atoms with Crippen LogP contribution < -0.4 is 11.1 Å². The van der Waals surface area contributed by atoms with Gasteiger partial charge in [0, 0.05) is 40.3 Å². The second-order valence-electron chi connectivity index (χ2n) is 6.29. The Kier molecular flexibility index (Phi) is 6.99. The summed E-state index contributed by atoms with van der Waals surface area (Å²) in [5.74, 6) is -0.0344. The summed E-state index contributed by atoms with van der Waals surface area (Å²) in [6.07, 6.45) is 3.16. The molecule has 2 aromatic heterocycles. The van der Waals surface area contributed by atoms with Gasteiger partial charge < -0.3 is 11.1 Å². The van der Waals surface area contributed by atoms with Gasteiger partial charge in [0.2, 0.25) is 5.91 Å². The number of aromatic nitrogens is 2. The van der Waals surface area contributed by atoms with Gasteiger partial charge in [-0.1, -0.05) is 44.0 Å². The lowest BCUT2D eigenvalue weighted by atomic mass is 9.95. The molecule has 0 saturated heterocycles. The summed E-state index contributed by atoms with van der Waals surface area (Å²) in [4.78, 5) is 19.5. The third kappa shape index (κ3) is 5.65. The minimum absolute atomic E-state index is 0.0344. The number of carbonyl (C=O) groups is 1. The highest BCUT2D eigenvalue weighted by atomic mass is 35.5. The van der Waals surface area contributed by atoms with Crippen LogP contribution in [0.4, 0.5) is 11.4 Å². The first-order valence-electron chi connectivity index (χ1n) is 7.33. The Morgan fingerprint density at radius 1 is 1.04 bits per heavy atom. The summed E-state index contributed by atoms with van der Waals surface area (Å²) >= 11 is 11.5. The number of halogens is 2. The molecule has 0 aliphatic heterocycles. The molecule has 0 bridgehead atoms. The molecule has 130 valence electrons. The highest BCUT2D eigenvalue weighted by Crippen LogP contribution is 2.23. The number of pyridine rings is 2. The molecule has 0 atom stereocenters. The number of hydrogen-bond donors (Lipinski definition) is 2. The SMILES string of the molecule is Cc1c(N)ccnc1Cl.Cc1c(NC(=O)C(C)(C)C)ccnc1Cl. The number of carbonyl (C=O) groups excluding carboxylic acids is 1. The van der Waals surface area contributed by atoms with Crippen molar-refractivity contribution in [1.82, 2.24) is 9.97 Å². The largest absolute Gasteiger partial charge is 0.398 e. The molecule has 2 rings (SSSR count). The number of amides is 1. The molecule has 0 saturated carbocycles. The summed E-state index contributed by atoms with van der Waals surface area (Å²) in [6, 6.07) is 3.46. The van der Waals surface area contributed by atoms with Crippen molar-refractivity contribution in [2.75, 3.05) is 11.1 Å². The monoisotopic (exact) mass is 368 g/mol. The quantitative estimate of drug-likeness (QED) is 0.717. The molecule has 24 heavy (non-hydrogen) atoms. The zero-order valence-corrected chi connectivity index (χ0v) is 16.0. The van der Waals surface area contributed by atoms with Crippen molar-refractivity contribution in [3.05, 3.63) is 46.0 Å². The van der Waals surface area contributed by atoms with Gasteiger partial charge in [0.25, 0.3) is 0 Å². The van der Waals surface area contributed by atoms with Crippen molar-refractivity contribution >= 4 is 40.5 Å². The van der Waals surface area contributed by atoms with E-state index in [0.717, 1.165) is 16.8 Å². The lowest BCUT2D eigenvalue weighted by Crippen LogP contribution is -2.27. The van der Waals surface area contributed by atoms with E-state index in [1.807, 2.05) is 34.6 Å². The first kappa shape index (κ1) is 20.2. The molecular formula is C17H22Cl2N4O. The van der Waals surface area contributed by atoms with Crippen LogP contribution in [0, 0.1) is 19.3 Å². The second kappa shape index (κ2) is 8.31. The lowest BCUT2D eigenvalue weighted by molar-refractivity contribution is -0.123. The van der Waals surface area contributed by atoms with E-state index in [9.17, 15) is 4.79 Å². The van der Waals surface area contributed by atoms with Crippen LogP contribution in [0.5, 0.6) is 0 Å². The van der Waals surface area contributed by atoms with E-state index >= 15 is 0 Å². The molecule has 0 aliphatic rings. The smallest absolute Gasteiger partial charge is 0.229 e. The van der Waals surface area contributed by atoms with Gasteiger partial charge in [0.1, 0.15) is 10.3 Å². The van der Waals surface area contributed by atoms with E-state index in [0.29, 0.717) is 16.0 Å². The van der Waals surface area contributed by atoms with Crippen LogP contribution in [0.3, 0.4) is 0 Å². The molecule has 2 heterocycles. The fourth-order valence-electron chi connectivity index (χ4n) is 1.48. The van der Waals surface area contributed by atoms with Gasteiger partial charge in [0.15, 0.2) is 0 Å². The van der Waals surface area contributed by atoms with Gasteiger partial charge in [-0.2, -0.15) is 0 Å². The number of nitrogens with one attached hydrogen (secondary N) is 1. The van der Waals surface area contributed by atoms with Crippen molar-refractivity contribution in [1.29, 1.82) is 0 Å². The Morgan fingerprint density at radius 3 is 2.00 bits per heavy atom. The molecule has 0 fully saturated rings. The number of nitrogen functional groups attached to an aromatic ring is 1. The minimum Gasteiger partial charge on any atom is -0.398 e. The Morgan fingerprint density at radius 2 is 1.54 bits per heavy atom. The number of nitrogens with zero attached hydrogens (tertiary/aromatic N) is 2. The summed E-state index contributed by atoms with van der Waals surface area (Å²) in [6.45, 7) is 9.25. The first-order valence-corrected chi connectivity index (χ1v) is 8.08. The fourth-order valence-corrected chi connectivity index (χ4v) is 1.80.